The standard InChI is InChI=1S/C22H24FN3O7/c1-13(27)24-18(11-14-6-4-5-7-17(14)23)21(28)25-19(22(29)33-3)12-15-10-16(26(30)31)8-9-20(15)32-2/h4-10,18-19H,11-12H2,1-3H3,(H,24,27)(H,25,28)/t18-,19-/m0/s1. The molecule has 0 aromatic heterocycles. The molecule has 176 valence electrons. The summed E-state index contributed by atoms with van der Waals surface area (Å²) in [6, 6.07) is 7.20. The predicted molar refractivity (Wildman–Crippen MR) is 115 cm³/mol. The summed E-state index contributed by atoms with van der Waals surface area (Å²) >= 11 is 0. The van der Waals surface area contributed by atoms with E-state index in [0.29, 0.717) is 0 Å². The van der Waals surface area contributed by atoms with Gasteiger partial charge < -0.3 is 20.1 Å². The van der Waals surface area contributed by atoms with E-state index in [0.717, 1.165) is 7.11 Å². The Morgan fingerprint density at radius 2 is 1.70 bits per heavy atom. The van der Waals surface area contributed by atoms with E-state index in [9.17, 15) is 28.9 Å². The number of amides is 2. The zero-order valence-electron chi connectivity index (χ0n) is 18.3. The van der Waals surface area contributed by atoms with Crippen LogP contribution in [0.4, 0.5) is 10.1 Å². The van der Waals surface area contributed by atoms with Crippen LogP contribution in [0.1, 0.15) is 18.1 Å². The lowest BCUT2D eigenvalue weighted by molar-refractivity contribution is -0.384. The van der Waals surface area contributed by atoms with Crippen LogP contribution in [0.25, 0.3) is 0 Å². The van der Waals surface area contributed by atoms with E-state index < -0.39 is 40.6 Å². The summed E-state index contributed by atoms with van der Waals surface area (Å²) in [5.41, 5.74) is 0.255. The molecule has 0 heterocycles. The highest BCUT2D eigenvalue weighted by molar-refractivity contribution is 5.90. The van der Waals surface area contributed by atoms with Gasteiger partial charge in [-0.2, -0.15) is 0 Å². The Morgan fingerprint density at radius 1 is 1.03 bits per heavy atom. The van der Waals surface area contributed by atoms with Crippen LogP contribution in [0.15, 0.2) is 42.5 Å². The van der Waals surface area contributed by atoms with E-state index in [4.69, 9.17) is 9.47 Å². The Kier molecular flexibility index (Phi) is 8.84. The first-order valence-electron chi connectivity index (χ1n) is 9.86. The van der Waals surface area contributed by atoms with Gasteiger partial charge in [-0.25, -0.2) is 9.18 Å². The molecule has 0 saturated carbocycles. The number of hydrogen-bond donors (Lipinski definition) is 2. The maximum Gasteiger partial charge on any atom is 0.328 e. The van der Waals surface area contributed by atoms with Crippen LogP contribution in [0.2, 0.25) is 0 Å². The molecule has 0 aliphatic carbocycles. The number of nitro benzene ring substituents is 1. The average Bonchev–Trinajstić information content (AvgIpc) is 2.78. The topological polar surface area (TPSA) is 137 Å². The summed E-state index contributed by atoms with van der Waals surface area (Å²) in [6.45, 7) is 1.20. The highest BCUT2D eigenvalue weighted by Gasteiger charge is 2.29. The molecule has 2 rings (SSSR count). The van der Waals surface area contributed by atoms with Crippen molar-refractivity contribution >= 4 is 23.5 Å². The molecule has 2 amide bonds. The van der Waals surface area contributed by atoms with E-state index >= 15 is 0 Å². The minimum absolute atomic E-state index is 0.161. The zero-order chi connectivity index (χ0) is 24.5. The molecule has 33 heavy (non-hydrogen) atoms. The lowest BCUT2D eigenvalue weighted by Crippen LogP contribution is -2.53. The van der Waals surface area contributed by atoms with Crippen molar-refractivity contribution in [3.63, 3.8) is 0 Å². The third kappa shape index (κ3) is 6.99. The Hall–Kier alpha value is -4.02. The first-order valence-corrected chi connectivity index (χ1v) is 9.86. The van der Waals surface area contributed by atoms with Crippen molar-refractivity contribution < 1.29 is 33.2 Å². The zero-order valence-corrected chi connectivity index (χ0v) is 18.3. The number of carbonyl (C=O) groups excluding carboxylic acids is 3. The lowest BCUT2D eigenvalue weighted by atomic mass is 10.0. The SMILES string of the molecule is COC(=O)[C@H](Cc1cc([N+](=O)[O-])ccc1OC)NC(=O)[C@H](Cc1ccccc1F)NC(C)=O. The minimum Gasteiger partial charge on any atom is -0.496 e. The molecule has 2 aromatic rings. The largest absolute Gasteiger partial charge is 0.496 e. The molecule has 10 nitrogen and oxygen atoms in total. The maximum absolute atomic E-state index is 14.1. The predicted octanol–water partition coefficient (Wildman–Crippen LogP) is 1.69. The smallest absolute Gasteiger partial charge is 0.328 e. The quantitative estimate of drug-likeness (QED) is 0.312. The van der Waals surface area contributed by atoms with Crippen LogP contribution in [0.5, 0.6) is 5.75 Å². The normalized spacial score (nSPS) is 12.2. The third-order valence-corrected chi connectivity index (χ3v) is 4.78. The minimum atomic E-state index is -1.25. The van der Waals surface area contributed by atoms with Gasteiger partial charge >= 0.3 is 5.97 Å². The number of benzene rings is 2. The van der Waals surface area contributed by atoms with Gasteiger partial charge in [0, 0.05) is 37.5 Å². The number of non-ortho nitro benzene ring substituents is 1. The van der Waals surface area contributed by atoms with E-state index in [1.807, 2.05) is 0 Å². The van der Waals surface area contributed by atoms with Crippen LogP contribution in [-0.4, -0.2) is 49.0 Å². The Labute approximate surface area is 189 Å². The summed E-state index contributed by atoms with van der Waals surface area (Å²) in [7, 11) is 2.48. The number of carbonyl (C=O) groups is 3. The van der Waals surface area contributed by atoms with E-state index in [1.165, 1.54) is 50.4 Å². The first kappa shape index (κ1) is 25.2. The van der Waals surface area contributed by atoms with Crippen LogP contribution < -0.4 is 15.4 Å². The Bertz CT molecular complexity index is 1040. The molecule has 2 N–H and O–H groups in total. The Morgan fingerprint density at radius 3 is 2.27 bits per heavy atom. The van der Waals surface area contributed by atoms with E-state index in [1.54, 1.807) is 6.07 Å². The van der Waals surface area contributed by atoms with Gasteiger partial charge in [0.05, 0.1) is 19.1 Å². The van der Waals surface area contributed by atoms with Crippen molar-refractivity contribution in [3.05, 3.63) is 69.5 Å². The Balaban J connectivity index is 2.30. The van der Waals surface area contributed by atoms with Crippen LogP contribution >= 0.6 is 0 Å². The van der Waals surface area contributed by atoms with Crippen molar-refractivity contribution in [3.8, 4) is 5.75 Å². The third-order valence-electron chi connectivity index (χ3n) is 4.78. The molecule has 0 saturated heterocycles. The molecule has 0 radical (unpaired) electrons. The molecule has 0 aliphatic heterocycles. The summed E-state index contributed by atoms with van der Waals surface area (Å²) in [5, 5.41) is 16.1. The van der Waals surface area contributed by atoms with Crippen molar-refractivity contribution in [1.82, 2.24) is 10.6 Å². The van der Waals surface area contributed by atoms with Crippen LogP contribution in [-0.2, 0) is 32.0 Å². The van der Waals surface area contributed by atoms with Crippen molar-refractivity contribution in [2.45, 2.75) is 31.8 Å². The first-order chi connectivity index (χ1) is 15.7. The summed E-state index contributed by atoms with van der Waals surface area (Å²) in [4.78, 5) is 47.5. The molecule has 2 atom stereocenters. The second-order valence-corrected chi connectivity index (χ2v) is 7.09. The number of nitrogens with zero attached hydrogens (tertiary/aromatic N) is 1. The van der Waals surface area contributed by atoms with Gasteiger partial charge in [0.1, 0.15) is 23.7 Å². The number of nitro groups is 1. The molecular weight excluding hydrogens is 437 g/mol. The van der Waals surface area contributed by atoms with Crippen molar-refractivity contribution in [1.29, 1.82) is 0 Å². The number of halogens is 1. The fourth-order valence-electron chi connectivity index (χ4n) is 3.20. The average molecular weight is 461 g/mol. The van der Waals surface area contributed by atoms with Gasteiger partial charge in [-0.3, -0.25) is 19.7 Å². The molecule has 0 spiro atoms. The van der Waals surface area contributed by atoms with Crippen LogP contribution in [0, 0.1) is 15.9 Å². The molecule has 2 aromatic carbocycles. The van der Waals surface area contributed by atoms with Gasteiger partial charge in [-0.05, 0) is 17.7 Å². The fraction of sp³-hybridized carbons (Fsp3) is 0.318. The lowest BCUT2D eigenvalue weighted by Gasteiger charge is -2.22. The number of methoxy groups -OCH3 is 2. The summed E-state index contributed by atoms with van der Waals surface area (Å²) in [5.74, 6) is -2.38. The van der Waals surface area contributed by atoms with Gasteiger partial charge in [0.2, 0.25) is 11.8 Å². The number of esters is 1. The number of rotatable bonds is 10. The molecule has 0 bridgehead atoms. The van der Waals surface area contributed by atoms with E-state index in [-0.39, 0.29) is 35.4 Å². The van der Waals surface area contributed by atoms with Crippen LogP contribution in [0.3, 0.4) is 0 Å². The molecular formula is C22H24FN3O7. The number of hydrogen-bond acceptors (Lipinski definition) is 7. The monoisotopic (exact) mass is 461 g/mol. The van der Waals surface area contributed by atoms with Crippen molar-refractivity contribution in [2.75, 3.05) is 14.2 Å². The van der Waals surface area contributed by atoms with Gasteiger partial charge in [-0.15, -0.1) is 0 Å². The molecule has 11 heteroatoms. The molecule has 0 aliphatic rings. The fourth-order valence-corrected chi connectivity index (χ4v) is 3.20. The van der Waals surface area contributed by atoms with Gasteiger partial charge in [0.25, 0.3) is 5.69 Å². The maximum atomic E-state index is 14.1. The molecule has 0 unspecified atom stereocenters. The summed E-state index contributed by atoms with van der Waals surface area (Å²) < 4.78 is 24.0. The highest BCUT2D eigenvalue weighted by atomic mass is 19.1. The second kappa shape index (κ2) is 11.6. The van der Waals surface area contributed by atoms with E-state index in [2.05, 4.69) is 10.6 Å². The number of nitrogens with one attached hydrogen (secondary N) is 2. The highest BCUT2D eigenvalue weighted by Crippen LogP contribution is 2.25. The van der Waals surface area contributed by atoms with Gasteiger partial charge in [0.15, 0.2) is 0 Å². The number of ether oxygens (including phenoxy) is 2. The van der Waals surface area contributed by atoms with Gasteiger partial charge in [-0.1, -0.05) is 18.2 Å². The molecule has 0 fully saturated rings. The summed E-state index contributed by atoms with van der Waals surface area (Å²) in [6.07, 6.45) is -0.345. The second-order valence-electron chi connectivity index (χ2n) is 7.09. The van der Waals surface area contributed by atoms with Crippen molar-refractivity contribution in [2.24, 2.45) is 0 Å².